The van der Waals surface area contributed by atoms with E-state index < -0.39 is 10.1 Å². The number of fused-ring (bicyclic) bond motifs is 1. The van der Waals surface area contributed by atoms with Crippen molar-refractivity contribution >= 4 is 21.8 Å². The van der Waals surface area contributed by atoms with Gasteiger partial charge >= 0.3 is 16.1 Å². The molecule has 0 heterocycles. The van der Waals surface area contributed by atoms with Crippen molar-refractivity contribution in [3.8, 4) is 0 Å². The van der Waals surface area contributed by atoms with E-state index in [1.807, 2.05) is 19.9 Å². The summed E-state index contributed by atoms with van der Waals surface area (Å²) in [6, 6.07) is 10.1. The zero-order valence-corrected chi connectivity index (χ0v) is 17.0. The molecule has 148 valence electrons. The molecule has 0 spiro atoms. The fraction of sp³-hybridized carbons (Fsp3) is 0.333. The minimum atomic E-state index is -4.00. The normalized spacial score (nSPS) is 15.2. The van der Waals surface area contributed by atoms with Crippen LogP contribution in [-0.4, -0.2) is 26.7 Å². The maximum absolute atomic E-state index is 12.4. The monoisotopic (exact) mass is 401 g/mol. The Labute approximate surface area is 165 Å². The highest BCUT2D eigenvalue weighted by Crippen LogP contribution is 2.28. The summed E-state index contributed by atoms with van der Waals surface area (Å²) in [5.74, 6) is -0.378. The summed E-state index contributed by atoms with van der Waals surface area (Å²) in [6.07, 6.45) is 2.02. The largest absolute Gasteiger partial charge is 0.462 e. The van der Waals surface area contributed by atoms with Gasteiger partial charge in [-0.3, -0.25) is 4.28 Å². The van der Waals surface area contributed by atoms with Gasteiger partial charge in [0.25, 0.3) is 0 Å². The Morgan fingerprint density at radius 3 is 2.46 bits per heavy atom. The molecule has 0 saturated carbocycles. The van der Waals surface area contributed by atoms with E-state index in [2.05, 4.69) is 5.16 Å². The van der Waals surface area contributed by atoms with E-state index in [-0.39, 0.29) is 10.9 Å². The molecule has 0 atom stereocenters. The fourth-order valence-electron chi connectivity index (χ4n) is 3.24. The van der Waals surface area contributed by atoms with Gasteiger partial charge in [-0.15, -0.1) is 0 Å². The molecule has 0 saturated heterocycles. The van der Waals surface area contributed by atoms with E-state index >= 15 is 0 Å². The van der Waals surface area contributed by atoms with Crippen molar-refractivity contribution in [2.75, 3.05) is 6.61 Å². The van der Waals surface area contributed by atoms with Gasteiger partial charge in [-0.2, -0.15) is 8.42 Å². The molecule has 6 nitrogen and oxygen atoms in total. The number of carbonyl (C=O) groups is 1. The van der Waals surface area contributed by atoms with E-state index in [0.29, 0.717) is 30.7 Å². The van der Waals surface area contributed by atoms with Crippen molar-refractivity contribution in [2.24, 2.45) is 5.16 Å². The number of oxime groups is 1. The van der Waals surface area contributed by atoms with Crippen LogP contribution in [0.4, 0.5) is 0 Å². The fourth-order valence-corrected chi connectivity index (χ4v) is 3.98. The lowest BCUT2D eigenvalue weighted by Crippen LogP contribution is -2.19. The number of ether oxygens (including phenoxy) is 1. The number of rotatable bonds is 5. The maximum atomic E-state index is 12.4. The third-order valence-electron chi connectivity index (χ3n) is 4.60. The number of hydrogen-bond donors (Lipinski definition) is 0. The molecule has 0 aromatic heterocycles. The lowest BCUT2D eigenvalue weighted by molar-refractivity contribution is 0.0525. The van der Waals surface area contributed by atoms with Gasteiger partial charge in [0.2, 0.25) is 0 Å². The number of esters is 1. The van der Waals surface area contributed by atoms with Gasteiger partial charge < -0.3 is 4.74 Å². The van der Waals surface area contributed by atoms with E-state index in [0.717, 1.165) is 28.7 Å². The first-order valence-electron chi connectivity index (χ1n) is 9.20. The van der Waals surface area contributed by atoms with Crippen LogP contribution in [0.3, 0.4) is 0 Å². The quantitative estimate of drug-likeness (QED) is 0.560. The molecule has 2 aromatic rings. The molecule has 0 aliphatic heterocycles. The summed E-state index contributed by atoms with van der Waals surface area (Å²) in [5, 5.41) is 3.96. The second-order valence-corrected chi connectivity index (χ2v) is 8.32. The van der Waals surface area contributed by atoms with Gasteiger partial charge in [-0.1, -0.05) is 22.9 Å². The van der Waals surface area contributed by atoms with Crippen LogP contribution < -0.4 is 0 Å². The van der Waals surface area contributed by atoms with E-state index in [4.69, 9.17) is 9.02 Å². The van der Waals surface area contributed by atoms with E-state index in [9.17, 15) is 13.2 Å². The van der Waals surface area contributed by atoms with Crippen LogP contribution in [-0.2, 0) is 25.6 Å². The zero-order chi connectivity index (χ0) is 20.3. The first-order valence-corrected chi connectivity index (χ1v) is 10.6. The Morgan fingerprint density at radius 1 is 1.07 bits per heavy atom. The second kappa shape index (κ2) is 8.14. The average molecular weight is 401 g/mol. The summed E-state index contributed by atoms with van der Waals surface area (Å²) in [6.45, 7) is 5.80. The van der Waals surface area contributed by atoms with Crippen LogP contribution in [0.5, 0.6) is 0 Å². The Hall–Kier alpha value is -2.67. The second-order valence-electron chi connectivity index (χ2n) is 6.79. The number of hydrogen-bond acceptors (Lipinski definition) is 6. The minimum absolute atomic E-state index is 0.0509. The highest BCUT2D eigenvalue weighted by molar-refractivity contribution is 7.86. The van der Waals surface area contributed by atoms with Crippen LogP contribution in [0.1, 0.15) is 52.4 Å². The highest BCUT2D eigenvalue weighted by atomic mass is 32.2. The molecule has 0 unspecified atom stereocenters. The number of carbonyl (C=O) groups excluding carboxylic acids is 1. The highest BCUT2D eigenvalue weighted by Gasteiger charge is 2.24. The average Bonchev–Trinajstić information content (AvgIpc) is 2.66. The van der Waals surface area contributed by atoms with Gasteiger partial charge in [0.1, 0.15) is 4.90 Å². The van der Waals surface area contributed by atoms with Crippen molar-refractivity contribution in [3.05, 3.63) is 64.2 Å². The lowest BCUT2D eigenvalue weighted by atomic mass is 9.85. The number of nitrogens with zero attached hydrogens (tertiary/aromatic N) is 1. The van der Waals surface area contributed by atoms with Crippen LogP contribution in [0.2, 0.25) is 0 Å². The minimum Gasteiger partial charge on any atom is -0.462 e. The Bertz CT molecular complexity index is 1020. The summed E-state index contributed by atoms with van der Waals surface area (Å²) < 4.78 is 35.0. The molecule has 1 aliphatic rings. The number of benzene rings is 2. The Kier molecular flexibility index (Phi) is 5.84. The van der Waals surface area contributed by atoms with Gasteiger partial charge in [-0.05, 0) is 75.4 Å². The standard InChI is InChI=1S/C21H23NO5S/c1-4-26-21(23)19-13-15(3)12-18-17(19)6-5-7-20(18)22-27-28(24,25)16-10-8-14(2)9-11-16/h8-13H,4-7H2,1-3H3. The smallest absolute Gasteiger partial charge is 0.358 e. The van der Waals surface area contributed by atoms with Crippen LogP contribution in [0.15, 0.2) is 46.4 Å². The maximum Gasteiger partial charge on any atom is 0.358 e. The summed E-state index contributed by atoms with van der Waals surface area (Å²) in [7, 11) is -4.00. The topological polar surface area (TPSA) is 82.0 Å². The van der Waals surface area contributed by atoms with Crippen molar-refractivity contribution in [1.82, 2.24) is 0 Å². The molecular formula is C21H23NO5S. The van der Waals surface area contributed by atoms with Gasteiger partial charge in [0, 0.05) is 5.56 Å². The van der Waals surface area contributed by atoms with Crippen molar-refractivity contribution in [1.29, 1.82) is 0 Å². The van der Waals surface area contributed by atoms with Gasteiger partial charge in [0.15, 0.2) is 0 Å². The molecule has 2 aromatic carbocycles. The van der Waals surface area contributed by atoms with Crippen LogP contribution in [0, 0.1) is 13.8 Å². The Morgan fingerprint density at radius 2 is 1.79 bits per heavy atom. The summed E-state index contributed by atoms with van der Waals surface area (Å²) >= 11 is 0. The predicted molar refractivity (Wildman–Crippen MR) is 106 cm³/mol. The molecule has 28 heavy (non-hydrogen) atoms. The molecule has 0 radical (unpaired) electrons. The predicted octanol–water partition coefficient (Wildman–Crippen LogP) is 3.93. The molecule has 3 rings (SSSR count). The van der Waals surface area contributed by atoms with Crippen LogP contribution in [0.25, 0.3) is 0 Å². The number of aryl methyl sites for hydroxylation is 2. The molecule has 0 fully saturated rings. The summed E-state index contributed by atoms with van der Waals surface area (Å²) in [5.41, 5.74) is 4.42. The SMILES string of the molecule is CCOC(=O)c1cc(C)cc2c1CCCC2=NOS(=O)(=O)c1ccc(C)cc1. The molecular weight excluding hydrogens is 378 g/mol. The molecule has 0 bridgehead atoms. The third kappa shape index (κ3) is 4.25. The van der Waals surface area contributed by atoms with E-state index in [1.165, 1.54) is 12.1 Å². The molecule has 1 aliphatic carbocycles. The summed E-state index contributed by atoms with van der Waals surface area (Å²) in [4.78, 5) is 12.4. The van der Waals surface area contributed by atoms with Crippen molar-refractivity contribution in [2.45, 2.75) is 44.9 Å². The van der Waals surface area contributed by atoms with Crippen molar-refractivity contribution in [3.63, 3.8) is 0 Å². The Balaban J connectivity index is 1.95. The van der Waals surface area contributed by atoms with Crippen molar-refractivity contribution < 1.29 is 22.2 Å². The lowest BCUT2D eigenvalue weighted by Gasteiger charge is -2.21. The molecule has 0 amide bonds. The first-order chi connectivity index (χ1) is 13.3. The van der Waals surface area contributed by atoms with E-state index in [1.54, 1.807) is 25.1 Å². The molecule has 7 heteroatoms. The first kappa shape index (κ1) is 20.1. The third-order valence-corrected chi connectivity index (χ3v) is 5.72. The molecule has 0 N–H and O–H groups in total. The van der Waals surface area contributed by atoms with Gasteiger partial charge in [0.05, 0.1) is 17.9 Å². The van der Waals surface area contributed by atoms with Gasteiger partial charge in [-0.25, -0.2) is 4.79 Å². The zero-order valence-electron chi connectivity index (χ0n) is 16.2. The van der Waals surface area contributed by atoms with Crippen LogP contribution >= 0.6 is 0 Å².